The number of nitrogens with one attached hydrogen (secondary N) is 1. The van der Waals surface area contributed by atoms with Gasteiger partial charge in [-0.1, -0.05) is 0 Å². The molecular weight excluding hydrogens is 380 g/mol. The van der Waals surface area contributed by atoms with Crippen LogP contribution in [0.3, 0.4) is 0 Å². The van der Waals surface area contributed by atoms with Crippen LogP contribution in [0.1, 0.15) is 21.9 Å². The molecule has 1 N–H and O–H groups in total. The van der Waals surface area contributed by atoms with Crippen LogP contribution in [-0.2, 0) is 18.0 Å². The van der Waals surface area contributed by atoms with Crippen LogP contribution in [0.2, 0.25) is 0 Å². The first-order valence-corrected chi connectivity index (χ1v) is 8.99. The summed E-state index contributed by atoms with van der Waals surface area (Å²) in [6.07, 6.45) is 0. The quantitative estimate of drug-likeness (QED) is 0.479. The van der Waals surface area contributed by atoms with Gasteiger partial charge < -0.3 is 13.9 Å². The molecule has 0 radical (unpaired) electrons. The molecule has 3 rings (SSSR count). The molecule has 0 unspecified atom stereocenters. The number of aryl methyl sites for hydroxylation is 1. The van der Waals surface area contributed by atoms with Gasteiger partial charge in [0.15, 0.2) is 5.82 Å². The number of aromatic nitrogens is 3. The molecule has 148 valence electrons. The van der Waals surface area contributed by atoms with Crippen LogP contribution in [0.15, 0.2) is 34.7 Å². The summed E-state index contributed by atoms with van der Waals surface area (Å²) in [4.78, 5) is 18.1. The highest BCUT2D eigenvalue weighted by molar-refractivity contribution is 7.71. The number of H-pyrrole nitrogens is 1. The molecule has 0 spiro atoms. The molecule has 0 saturated heterocycles. The van der Waals surface area contributed by atoms with Gasteiger partial charge in [-0.05, 0) is 56.5 Å². The molecule has 0 aliphatic carbocycles. The summed E-state index contributed by atoms with van der Waals surface area (Å²) in [6, 6.07) is 9.28. The van der Waals surface area contributed by atoms with Crippen molar-refractivity contribution in [1.29, 1.82) is 0 Å². The highest BCUT2D eigenvalue weighted by Crippen LogP contribution is 2.20. The number of furan rings is 1. The van der Waals surface area contributed by atoms with E-state index in [1.807, 2.05) is 36.2 Å². The molecule has 3 aromatic rings. The van der Waals surface area contributed by atoms with E-state index in [2.05, 4.69) is 10.1 Å². The number of carbonyl (C=O) groups excluding carboxylic acids is 1. The van der Waals surface area contributed by atoms with Gasteiger partial charge in [-0.15, -0.1) is 0 Å². The van der Waals surface area contributed by atoms with Gasteiger partial charge in [0, 0.05) is 5.56 Å². The van der Waals surface area contributed by atoms with Crippen molar-refractivity contribution in [2.24, 2.45) is 0 Å². The minimum absolute atomic E-state index is 0.407. The fourth-order valence-electron chi connectivity index (χ4n) is 2.82. The number of ether oxygens (including phenoxy) is 2. The van der Waals surface area contributed by atoms with Crippen molar-refractivity contribution >= 4 is 18.2 Å². The maximum Gasteiger partial charge on any atom is 0.341 e. The number of hydrogen-bond donors (Lipinski definition) is 1. The van der Waals surface area contributed by atoms with Crippen LogP contribution >= 0.6 is 12.2 Å². The van der Waals surface area contributed by atoms with E-state index in [-0.39, 0.29) is 0 Å². The van der Waals surface area contributed by atoms with Gasteiger partial charge in [-0.3, -0.25) is 10.00 Å². The molecule has 0 bridgehead atoms. The van der Waals surface area contributed by atoms with Gasteiger partial charge in [0.05, 0.1) is 27.4 Å². The van der Waals surface area contributed by atoms with E-state index in [0.717, 1.165) is 11.3 Å². The third kappa shape index (κ3) is 4.32. The molecule has 0 amide bonds. The smallest absolute Gasteiger partial charge is 0.341 e. The third-order valence-electron chi connectivity index (χ3n) is 4.23. The van der Waals surface area contributed by atoms with Gasteiger partial charge in [0.2, 0.25) is 4.77 Å². The Kier molecular flexibility index (Phi) is 5.96. The van der Waals surface area contributed by atoms with E-state index in [1.165, 1.54) is 7.11 Å². The molecule has 0 aliphatic rings. The van der Waals surface area contributed by atoms with Crippen molar-refractivity contribution < 1.29 is 18.7 Å². The number of aromatic amines is 1. The van der Waals surface area contributed by atoms with E-state index in [0.29, 0.717) is 40.9 Å². The fourth-order valence-corrected chi connectivity index (χ4v) is 3.02. The van der Waals surface area contributed by atoms with Gasteiger partial charge in [0.25, 0.3) is 0 Å². The Hall–Kier alpha value is -2.91. The summed E-state index contributed by atoms with van der Waals surface area (Å²) in [5.41, 5.74) is 1.35. The largest absolute Gasteiger partial charge is 0.497 e. The number of hydrogen-bond acceptors (Lipinski definition) is 7. The topological polar surface area (TPSA) is 85.5 Å². The molecule has 8 nitrogen and oxygen atoms in total. The fraction of sp³-hybridized carbons (Fsp3) is 0.316. The normalized spacial score (nSPS) is 11.0. The minimum Gasteiger partial charge on any atom is -0.497 e. The van der Waals surface area contributed by atoms with E-state index < -0.39 is 5.97 Å². The average Bonchev–Trinajstić information content (AvgIpc) is 3.23. The van der Waals surface area contributed by atoms with E-state index >= 15 is 0 Å². The standard InChI is InChI=1S/C19H22N4O4S/c1-12-16(18(24)26-4)9-15(27-12)10-22(2)11-23-19(28)20-17(21-23)13-5-7-14(25-3)8-6-13/h5-9H,10-11H2,1-4H3,(H,20,21,28). The van der Waals surface area contributed by atoms with Crippen LogP contribution < -0.4 is 4.74 Å². The summed E-state index contributed by atoms with van der Waals surface area (Å²) in [5.74, 6) is 2.26. The van der Waals surface area contributed by atoms with Crippen LogP contribution in [0.5, 0.6) is 5.75 Å². The molecule has 0 saturated carbocycles. The zero-order valence-electron chi connectivity index (χ0n) is 16.2. The number of benzene rings is 1. The van der Waals surface area contributed by atoms with Crippen LogP contribution in [0, 0.1) is 11.7 Å². The molecule has 28 heavy (non-hydrogen) atoms. The summed E-state index contributed by atoms with van der Waals surface area (Å²) in [7, 11) is 4.90. The highest BCUT2D eigenvalue weighted by atomic mass is 32.1. The van der Waals surface area contributed by atoms with Crippen molar-refractivity contribution in [3.8, 4) is 17.1 Å². The molecular formula is C19H22N4O4S. The van der Waals surface area contributed by atoms with Crippen molar-refractivity contribution in [1.82, 2.24) is 19.7 Å². The molecule has 1 aromatic carbocycles. The Balaban J connectivity index is 1.70. The zero-order chi connectivity index (χ0) is 20.3. The number of methoxy groups -OCH3 is 2. The van der Waals surface area contributed by atoms with Crippen molar-refractivity contribution in [2.75, 3.05) is 21.3 Å². The first-order valence-electron chi connectivity index (χ1n) is 8.58. The second-order valence-corrected chi connectivity index (χ2v) is 6.71. The summed E-state index contributed by atoms with van der Waals surface area (Å²) < 4.78 is 17.8. The number of carbonyl (C=O) groups is 1. The predicted octanol–water partition coefficient (Wildman–Crippen LogP) is 3.39. The monoisotopic (exact) mass is 402 g/mol. The van der Waals surface area contributed by atoms with Gasteiger partial charge in [-0.25, -0.2) is 9.48 Å². The molecule has 0 aliphatic heterocycles. The summed E-state index contributed by atoms with van der Waals surface area (Å²) >= 11 is 5.36. The lowest BCUT2D eigenvalue weighted by Crippen LogP contribution is -2.22. The predicted molar refractivity (Wildman–Crippen MR) is 106 cm³/mol. The van der Waals surface area contributed by atoms with Crippen LogP contribution in [0.4, 0.5) is 0 Å². The Labute approximate surface area is 167 Å². The zero-order valence-corrected chi connectivity index (χ0v) is 17.0. The lowest BCUT2D eigenvalue weighted by atomic mass is 10.2. The van der Waals surface area contributed by atoms with E-state index in [1.54, 1.807) is 24.8 Å². The number of rotatable bonds is 7. The lowest BCUT2D eigenvalue weighted by Gasteiger charge is -2.15. The molecule has 9 heteroatoms. The first kappa shape index (κ1) is 19.8. The summed E-state index contributed by atoms with van der Waals surface area (Å²) in [5, 5.41) is 3.21. The number of nitrogens with zero attached hydrogens (tertiary/aromatic N) is 3. The van der Waals surface area contributed by atoms with E-state index in [9.17, 15) is 4.79 Å². The Bertz CT molecular complexity index is 1020. The van der Waals surface area contributed by atoms with Crippen molar-refractivity contribution in [3.63, 3.8) is 0 Å². The molecule has 0 atom stereocenters. The highest BCUT2D eigenvalue weighted by Gasteiger charge is 2.16. The van der Waals surface area contributed by atoms with E-state index in [4.69, 9.17) is 26.1 Å². The second-order valence-electron chi connectivity index (χ2n) is 6.34. The Morgan fingerprint density at radius 1 is 1.32 bits per heavy atom. The molecule has 0 fully saturated rings. The minimum atomic E-state index is -0.407. The van der Waals surface area contributed by atoms with Crippen LogP contribution in [-0.4, -0.2) is 46.9 Å². The first-order chi connectivity index (χ1) is 13.4. The number of esters is 1. The molecule has 2 heterocycles. The maximum absolute atomic E-state index is 11.7. The Morgan fingerprint density at radius 2 is 2.04 bits per heavy atom. The van der Waals surface area contributed by atoms with Gasteiger partial charge >= 0.3 is 5.97 Å². The van der Waals surface area contributed by atoms with Gasteiger partial charge in [0.1, 0.15) is 22.8 Å². The lowest BCUT2D eigenvalue weighted by molar-refractivity contribution is 0.0599. The third-order valence-corrected chi connectivity index (χ3v) is 4.54. The average molecular weight is 402 g/mol. The van der Waals surface area contributed by atoms with Crippen molar-refractivity contribution in [2.45, 2.75) is 20.1 Å². The van der Waals surface area contributed by atoms with Gasteiger partial charge in [-0.2, -0.15) is 4.98 Å². The summed E-state index contributed by atoms with van der Waals surface area (Å²) in [6.45, 7) is 2.72. The molecule has 2 aromatic heterocycles. The maximum atomic E-state index is 11.7. The SMILES string of the molecule is COC(=O)c1cc(CN(C)Cn2[nH]c(-c3ccc(OC)cc3)nc2=S)oc1C. The second kappa shape index (κ2) is 8.41. The van der Waals surface area contributed by atoms with Crippen molar-refractivity contribution in [3.05, 3.63) is 52.2 Å². The Morgan fingerprint density at radius 3 is 2.68 bits per heavy atom. The van der Waals surface area contributed by atoms with Crippen LogP contribution in [0.25, 0.3) is 11.4 Å².